The molecule has 2 N–H and O–H groups in total. The summed E-state index contributed by atoms with van der Waals surface area (Å²) in [6, 6.07) is 5.98. The highest BCUT2D eigenvalue weighted by Crippen LogP contribution is 2.54. The van der Waals surface area contributed by atoms with E-state index in [-0.39, 0.29) is 18.1 Å². The third-order valence-electron chi connectivity index (χ3n) is 5.40. The Morgan fingerprint density at radius 2 is 2.21 bits per heavy atom. The fourth-order valence-electron chi connectivity index (χ4n) is 4.30. The lowest BCUT2D eigenvalue weighted by atomic mass is 9.68. The first-order chi connectivity index (χ1) is 13.2. The number of benzene rings is 1. The number of thioether (sulfide) groups is 1. The van der Waals surface area contributed by atoms with Crippen molar-refractivity contribution < 1.29 is 19.4 Å². The topological polar surface area (TPSA) is 80.2 Å². The van der Waals surface area contributed by atoms with Crippen molar-refractivity contribution in [3.8, 4) is 5.75 Å². The lowest BCUT2D eigenvalue weighted by Crippen LogP contribution is -2.51. The zero-order valence-electron chi connectivity index (χ0n) is 16.2. The summed E-state index contributed by atoms with van der Waals surface area (Å²) in [5.41, 5.74) is -0.00298. The molecule has 0 saturated heterocycles. The Hall–Kier alpha value is -1.25. The summed E-state index contributed by atoms with van der Waals surface area (Å²) in [5, 5.41) is 13.5. The number of halogens is 1. The number of rotatable bonds is 0. The Labute approximate surface area is 177 Å². The van der Waals surface area contributed by atoms with Crippen molar-refractivity contribution in [2.75, 3.05) is 5.75 Å². The molecule has 1 aliphatic carbocycles. The van der Waals surface area contributed by atoms with E-state index < -0.39 is 17.2 Å². The van der Waals surface area contributed by atoms with Crippen LogP contribution in [0.5, 0.6) is 5.75 Å². The van der Waals surface area contributed by atoms with Crippen LogP contribution in [0, 0.1) is 5.92 Å². The van der Waals surface area contributed by atoms with Crippen LogP contribution in [0.2, 0.25) is 0 Å². The number of nitrogens with one attached hydrogen (secondary N) is 1. The number of nitrogens with zero attached hydrogens (tertiary/aromatic N) is 1. The summed E-state index contributed by atoms with van der Waals surface area (Å²) in [6.07, 6.45) is 1.27. The van der Waals surface area contributed by atoms with Crippen LogP contribution in [0.3, 0.4) is 0 Å². The number of hydrogen-bond acceptors (Lipinski definition) is 6. The van der Waals surface area contributed by atoms with Gasteiger partial charge in [-0.3, -0.25) is 5.32 Å². The molecule has 1 spiro atoms. The van der Waals surface area contributed by atoms with Crippen molar-refractivity contribution in [3.63, 3.8) is 0 Å². The van der Waals surface area contributed by atoms with Gasteiger partial charge in [0.15, 0.2) is 5.17 Å². The zero-order valence-corrected chi connectivity index (χ0v) is 18.6. The first kappa shape index (κ1) is 20.0. The van der Waals surface area contributed by atoms with Crippen molar-refractivity contribution >= 4 is 39.0 Å². The summed E-state index contributed by atoms with van der Waals surface area (Å²) in [7, 11) is 0. The van der Waals surface area contributed by atoms with Gasteiger partial charge >= 0.3 is 6.09 Å². The van der Waals surface area contributed by atoms with E-state index in [9.17, 15) is 9.90 Å². The molecular formula is C20H25BrN2O4S. The normalized spacial score (nSPS) is 31.5. The summed E-state index contributed by atoms with van der Waals surface area (Å²) in [4.78, 5) is 17.2. The van der Waals surface area contributed by atoms with Crippen molar-refractivity contribution in [2.45, 2.75) is 63.4 Å². The summed E-state index contributed by atoms with van der Waals surface area (Å²) < 4.78 is 12.6. The Morgan fingerprint density at radius 1 is 1.43 bits per heavy atom. The van der Waals surface area contributed by atoms with Crippen LogP contribution in [0.25, 0.3) is 0 Å². The van der Waals surface area contributed by atoms with Gasteiger partial charge in [0, 0.05) is 28.1 Å². The predicted molar refractivity (Wildman–Crippen MR) is 113 cm³/mol. The number of fused-ring (bicyclic) bond motifs is 4. The van der Waals surface area contributed by atoms with Gasteiger partial charge in [-0.2, -0.15) is 0 Å². The number of alkyl carbamates (subject to hydrolysis) is 1. The zero-order chi connectivity index (χ0) is 20.1. The second kappa shape index (κ2) is 7.22. The highest BCUT2D eigenvalue weighted by Gasteiger charge is 2.54. The van der Waals surface area contributed by atoms with E-state index in [4.69, 9.17) is 14.5 Å². The molecule has 152 valence electrons. The molecule has 28 heavy (non-hydrogen) atoms. The van der Waals surface area contributed by atoms with Gasteiger partial charge < -0.3 is 14.6 Å². The van der Waals surface area contributed by atoms with E-state index in [1.165, 1.54) is 11.8 Å². The minimum Gasteiger partial charge on any atom is -0.490 e. The molecule has 2 heterocycles. The van der Waals surface area contributed by atoms with Gasteiger partial charge in [0.25, 0.3) is 0 Å². The van der Waals surface area contributed by atoms with E-state index in [0.29, 0.717) is 11.6 Å². The lowest BCUT2D eigenvalue weighted by Gasteiger charge is -2.47. The van der Waals surface area contributed by atoms with Crippen LogP contribution < -0.4 is 10.1 Å². The maximum Gasteiger partial charge on any atom is 0.413 e. The number of carbonyl (C=O) groups is 1. The number of carbonyl (C=O) groups excluding carboxylic acids is 1. The van der Waals surface area contributed by atoms with Gasteiger partial charge in [0.05, 0.1) is 6.10 Å². The molecular weight excluding hydrogens is 444 g/mol. The number of aliphatic imine (C=N–C) groups is 1. The van der Waals surface area contributed by atoms with Gasteiger partial charge in [0.1, 0.15) is 23.0 Å². The average Bonchev–Trinajstić information content (AvgIpc) is 2.98. The molecule has 0 aromatic heterocycles. The maximum absolute atomic E-state index is 12.2. The van der Waals surface area contributed by atoms with Gasteiger partial charge in [-0.1, -0.05) is 27.7 Å². The average molecular weight is 469 g/mol. The predicted octanol–water partition coefficient (Wildman–Crippen LogP) is 4.19. The molecule has 1 fully saturated rings. The minimum absolute atomic E-state index is 0.0809. The standard InChI is InChI=1S/C20H25BrN2O4S/c1-19(2,3)27-18(25)22-17-23-20(10-28-17)13-6-5-12(24)9-16(13)26-15-7-4-11(21)8-14(15)20/h4,7-8,12-13,16,24H,5-6,9-10H2,1-3H3,(H,22,23,25). The molecule has 1 saturated carbocycles. The van der Waals surface area contributed by atoms with E-state index in [0.717, 1.165) is 34.4 Å². The molecule has 4 atom stereocenters. The molecule has 8 heteroatoms. The van der Waals surface area contributed by atoms with Gasteiger partial charge in [0.2, 0.25) is 0 Å². The number of hydrogen-bond donors (Lipinski definition) is 2. The fourth-order valence-corrected chi connectivity index (χ4v) is 5.83. The van der Waals surface area contributed by atoms with Crippen LogP contribution in [-0.2, 0) is 10.3 Å². The third-order valence-corrected chi connectivity index (χ3v) is 6.95. The van der Waals surface area contributed by atoms with Crippen molar-refractivity contribution in [1.29, 1.82) is 0 Å². The summed E-state index contributed by atoms with van der Waals surface area (Å²) >= 11 is 5.10. The largest absolute Gasteiger partial charge is 0.490 e. The summed E-state index contributed by atoms with van der Waals surface area (Å²) in [5.74, 6) is 1.69. The van der Waals surface area contributed by atoms with Crippen LogP contribution in [-0.4, -0.2) is 39.9 Å². The number of ether oxygens (including phenoxy) is 2. The van der Waals surface area contributed by atoms with Crippen LogP contribution in [0.1, 0.15) is 45.6 Å². The Balaban J connectivity index is 1.69. The smallest absolute Gasteiger partial charge is 0.413 e. The van der Waals surface area contributed by atoms with E-state index in [1.54, 1.807) is 0 Å². The van der Waals surface area contributed by atoms with Crippen LogP contribution >= 0.6 is 27.7 Å². The molecule has 2 aliphatic heterocycles. The molecule has 4 unspecified atom stereocenters. The molecule has 0 bridgehead atoms. The lowest BCUT2D eigenvalue weighted by molar-refractivity contribution is -0.0247. The van der Waals surface area contributed by atoms with Gasteiger partial charge in [-0.15, -0.1) is 0 Å². The quantitative estimate of drug-likeness (QED) is 0.596. The molecule has 1 aromatic rings. The number of amidine groups is 1. The fraction of sp³-hybridized carbons (Fsp3) is 0.600. The second-order valence-corrected chi connectivity index (χ2v) is 10.5. The summed E-state index contributed by atoms with van der Waals surface area (Å²) in [6.45, 7) is 5.51. The highest BCUT2D eigenvalue weighted by molar-refractivity contribution is 9.10. The SMILES string of the molecule is CC(C)(C)OC(=O)NC1=NC2(CS1)c1cc(Br)ccc1OC1CC(O)CCC12. The minimum atomic E-state index is -0.563. The monoisotopic (exact) mass is 468 g/mol. The van der Waals surface area contributed by atoms with Crippen LogP contribution in [0.4, 0.5) is 4.79 Å². The Bertz CT molecular complexity index is 825. The number of aliphatic hydroxyl groups is 1. The molecule has 1 amide bonds. The first-order valence-corrected chi connectivity index (χ1v) is 11.3. The number of amides is 1. The molecule has 1 aromatic carbocycles. The van der Waals surface area contributed by atoms with Crippen LogP contribution in [0.15, 0.2) is 27.7 Å². The molecule has 6 nitrogen and oxygen atoms in total. The molecule has 3 aliphatic rings. The van der Waals surface area contributed by atoms with Gasteiger partial charge in [-0.05, 0) is 51.8 Å². The van der Waals surface area contributed by atoms with Crippen molar-refractivity contribution in [2.24, 2.45) is 10.9 Å². The Morgan fingerprint density at radius 3 is 2.96 bits per heavy atom. The first-order valence-electron chi connectivity index (χ1n) is 9.54. The van der Waals surface area contributed by atoms with Gasteiger partial charge in [-0.25, -0.2) is 9.79 Å². The second-order valence-electron chi connectivity index (χ2n) is 8.63. The van der Waals surface area contributed by atoms with Crippen molar-refractivity contribution in [3.05, 3.63) is 28.2 Å². The van der Waals surface area contributed by atoms with E-state index >= 15 is 0 Å². The number of aliphatic hydroxyl groups excluding tert-OH is 1. The van der Waals surface area contributed by atoms with E-state index in [2.05, 4.69) is 27.3 Å². The van der Waals surface area contributed by atoms with E-state index in [1.807, 2.05) is 32.9 Å². The Kier molecular flexibility index (Phi) is 5.17. The molecule has 4 rings (SSSR count). The highest BCUT2D eigenvalue weighted by atomic mass is 79.9. The third kappa shape index (κ3) is 3.78. The maximum atomic E-state index is 12.2. The molecule has 0 radical (unpaired) electrons. The van der Waals surface area contributed by atoms with Crippen molar-refractivity contribution in [1.82, 2.24) is 5.32 Å².